The second kappa shape index (κ2) is 7.97. The molecule has 1 saturated heterocycles. The van der Waals surface area contributed by atoms with Gasteiger partial charge in [0.1, 0.15) is 11.8 Å². The highest BCUT2D eigenvalue weighted by atomic mass is 16.5. The predicted molar refractivity (Wildman–Crippen MR) is 78.4 cm³/mol. The van der Waals surface area contributed by atoms with Crippen LogP contribution >= 0.6 is 0 Å². The van der Waals surface area contributed by atoms with Gasteiger partial charge in [-0.05, 0) is 37.2 Å². The highest BCUT2D eigenvalue weighted by molar-refractivity contribution is 5.75. The molecule has 6 heteroatoms. The molecule has 1 fully saturated rings. The number of hydrogen-bond acceptors (Lipinski definition) is 5. The average molecular weight is 294 g/mol. The minimum atomic E-state index is -0.938. The number of morpholine rings is 1. The molecule has 1 atom stereocenters. The Bertz CT molecular complexity index is 461. The minimum Gasteiger partial charge on any atom is -0.508 e. The number of nitrogens with one attached hydrogen (secondary N) is 1. The molecule has 0 saturated carbocycles. The Morgan fingerprint density at radius 3 is 2.81 bits per heavy atom. The van der Waals surface area contributed by atoms with Crippen LogP contribution in [0.25, 0.3) is 0 Å². The number of rotatable bonds is 7. The molecule has 0 bridgehead atoms. The molecule has 0 radical (unpaired) electrons. The second-order valence-electron chi connectivity index (χ2n) is 5.13. The third-order valence-corrected chi connectivity index (χ3v) is 3.55. The van der Waals surface area contributed by atoms with Crippen molar-refractivity contribution in [2.45, 2.75) is 12.5 Å². The lowest BCUT2D eigenvalue weighted by Crippen LogP contribution is -2.38. The first-order chi connectivity index (χ1) is 10.2. The van der Waals surface area contributed by atoms with Crippen molar-refractivity contribution in [1.82, 2.24) is 10.2 Å². The standard InChI is InChI=1S/C15H22N2O4/c18-13-4-1-3-12(11-13)14(15(19)20)16-5-2-6-17-7-9-21-10-8-17/h1,3-4,11,14,16,18H,2,5-10H2,(H,19,20). The normalized spacial score (nSPS) is 17.5. The van der Waals surface area contributed by atoms with Gasteiger partial charge in [0.15, 0.2) is 0 Å². The largest absolute Gasteiger partial charge is 0.508 e. The number of phenolic OH excluding ortho intramolecular Hbond substituents is 1. The molecule has 0 spiro atoms. The van der Waals surface area contributed by atoms with Crippen molar-refractivity contribution in [3.05, 3.63) is 29.8 Å². The van der Waals surface area contributed by atoms with Gasteiger partial charge < -0.3 is 20.3 Å². The van der Waals surface area contributed by atoms with E-state index in [1.54, 1.807) is 12.1 Å². The summed E-state index contributed by atoms with van der Waals surface area (Å²) in [5.74, 6) is -0.860. The molecule has 1 aromatic rings. The summed E-state index contributed by atoms with van der Waals surface area (Å²) in [6.07, 6.45) is 0.878. The lowest BCUT2D eigenvalue weighted by molar-refractivity contribution is -0.139. The summed E-state index contributed by atoms with van der Waals surface area (Å²) < 4.78 is 5.29. The maximum Gasteiger partial charge on any atom is 0.325 e. The van der Waals surface area contributed by atoms with E-state index in [4.69, 9.17) is 4.74 Å². The Labute approximate surface area is 124 Å². The summed E-state index contributed by atoms with van der Waals surface area (Å²) in [5, 5.41) is 21.8. The van der Waals surface area contributed by atoms with Gasteiger partial charge in [0, 0.05) is 13.1 Å². The number of phenols is 1. The number of benzene rings is 1. The van der Waals surface area contributed by atoms with E-state index >= 15 is 0 Å². The molecule has 2 rings (SSSR count). The smallest absolute Gasteiger partial charge is 0.325 e. The third kappa shape index (κ3) is 5.00. The number of hydrogen-bond donors (Lipinski definition) is 3. The molecule has 1 aliphatic rings. The summed E-state index contributed by atoms with van der Waals surface area (Å²) in [5.41, 5.74) is 0.564. The van der Waals surface area contributed by atoms with Crippen LogP contribution in [-0.2, 0) is 9.53 Å². The number of aromatic hydroxyl groups is 1. The van der Waals surface area contributed by atoms with Crippen molar-refractivity contribution >= 4 is 5.97 Å². The molecule has 6 nitrogen and oxygen atoms in total. The van der Waals surface area contributed by atoms with E-state index in [1.165, 1.54) is 12.1 Å². The minimum absolute atomic E-state index is 0.0777. The Balaban J connectivity index is 1.79. The fourth-order valence-corrected chi connectivity index (χ4v) is 2.43. The first-order valence-corrected chi connectivity index (χ1v) is 7.22. The van der Waals surface area contributed by atoms with Crippen LogP contribution in [0.5, 0.6) is 5.75 Å². The molecule has 1 unspecified atom stereocenters. The van der Waals surface area contributed by atoms with Crippen LogP contribution in [-0.4, -0.2) is 60.5 Å². The molecule has 116 valence electrons. The highest BCUT2D eigenvalue weighted by Crippen LogP contribution is 2.18. The van der Waals surface area contributed by atoms with Gasteiger partial charge in [-0.1, -0.05) is 12.1 Å². The highest BCUT2D eigenvalue weighted by Gasteiger charge is 2.19. The van der Waals surface area contributed by atoms with Crippen molar-refractivity contribution in [2.75, 3.05) is 39.4 Å². The molecule has 21 heavy (non-hydrogen) atoms. The maximum atomic E-state index is 11.3. The maximum absolute atomic E-state index is 11.3. The Kier molecular flexibility index (Phi) is 5.98. The van der Waals surface area contributed by atoms with Crippen LogP contribution in [0.3, 0.4) is 0 Å². The van der Waals surface area contributed by atoms with Gasteiger partial charge in [-0.3, -0.25) is 9.69 Å². The Hall–Kier alpha value is -1.63. The summed E-state index contributed by atoms with van der Waals surface area (Å²) in [6, 6.07) is 5.57. The lowest BCUT2D eigenvalue weighted by atomic mass is 10.1. The van der Waals surface area contributed by atoms with Gasteiger partial charge in [0.25, 0.3) is 0 Å². The van der Waals surface area contributed by atoms with E-state index in [0.717, 1.165) is 39.3 Å². The van der Waals surface area contributed by atoms with Crippen LogP contribution in [0.1, 0.15) is 18.0 Å². The third-order valence-electron chi connectivity index (χ3n) is 3.55. The Morgan fingerprint density at radius 1 is 1.38 bits per heavy atom. The van der Waals surface area contributed by atoms with E-state index in [1.807, 2.05) is 0 Å². The fourth-order valence-electron chi connectivity index (χ4n) is 2.43. The van der Waals surface area contributed by atoms with Crippen LogP contribution in [0.4, 0.5) is 0 Å². The number of ether oxygens (including phenoxy) is 1. The first-order valence-electron chi connectivity index (χ1n) is 7.22. The molecule has 3 N–H and O–H groups in total. The van der Waals surface area contributed by atoms with Crippen LogP contribution in [0.2, 0.25) is 0 Å². The van der Waals surface area contributed by atoms with E-state index in [9.17, 15) is 15.0 Å². The monoisotopic (exact) mass is 294 g/mol. The molecular weight excluding hydrogens is 272 g/mol. The van der Waals surface area contributed by atoms with E-state index < -0.39 is 12.0 Å². The fraction of sp³-hybridized carbons (Fsp3) is 0.533. The number of carboxylic acid groups (broad SMARTS) is 1. The van der Waals surface area contributed by atoms with Crippen molar-refractivity contribution in [3.8, 4) is 5.75 Å². The van der Waals surface area contributed by atoms with E-state index in [0.29, 0.717) is 12.1 Å². The van der Waals surface area contributed by atoms with Crippen LogP contribution in [0.15, 0.2) is 24.3 Å². The summed E-state index contributed by atoms with van der Waals surface area (Å²) in [4.78, 5) is 13.7. The molecule has 0 amide bonds. The van der Waals surface area contributed by atoms with Gasteiger partial charge >= 0.3 is 5.97 Å². The molecule has 1 aromatic carbocycles. The molecular formula is C15H22N2O4. The molecule has 0 aliphatic carbocycles. The van der Waals surface area contributed by atoms with Gasteiger partial charge in [-0.2, -0.15) is 0 Å². The van der Waals surface area contributed by atoms with Crippen LogP contribution < -0.4 is 5.32 Å². The van der Waals surface area contributed by atoms with Crippen molar-refractivity contribution in [3.63, 3.8) is 0 Å². The number of carboxylic acids is 1. The summed E-state index contributed by atoms with van der Waals surface area (Å²) >= 11 is 0. The molecule has 0 aromatic heterocycles. The first kappa shape index (κ1) is 15.8. The van der Waals surface area contributed by atoms with E-state index in [2.05, 4.69) is 10.2 Å². The number of carbonyl (C=O) groups is 1. The summed E-state index contributed by atoms with van der Waals surface area (Å²) in [6.45, 7) is 4.97. The van der Waals surface area contributed by atoms with Gasteiger partial charge in [0.2, 0.25) is 0 Å². The zero-order valence-corrected chi connectivity index (χ0v) is 12.0. The zero-order chi connectivity index (χ0) is 15.1. The molecule has 1 aliphatic heterocycles. The van der Waals surface area contributed by atoms with Crippen molar-refractivity contribution < 1.29 is 19.7 Å². The van der Waals surface area contributed by atoms with Gasteiger partial charge in [0.05, 0.1) is 13.2 Å². The number of nitrogens with zero attached hydrogens (tertiary/aromatic N) is 1. The Morgan fingerprint density at radius 2 is 2.14 bits per heavy atom. The molecule has 1 heterocycles. The predicted octanol–water partition coefficient (Wildman–Crippen LogP) is 0.830. The number of aliphatic carboxylic acids is 1. The topological polar surface area (TPSA) is 82.0 Å². The SMILES string of the molecule is O=C(O)C(NCCCN1CCOCC1)c1cccc(O)c1. The summed E-state index contributed by atoms with van der Waals surface area (Å²) in [7, 11) is 0. The van der Waals surface area contributed by atoms with Crippen molar-refractivity contribution in [1.29, 1.82) is 0 Å². The van der Waals surface area contributed by atoms with Crippen LogP contribution in [0, 0.1) is 0 Å². The second-order valence-corrected chi connectivity index (χ2v) is 5.13. The average Bonchev–Trinajstić information content (AvgIpc) is 2.48. The van der Waals surface area contributed by atoms with Crippen molar-refractivity contribution in [2.24, 2.45) is 0 Å². The quantitative estimate of drug-likeness (QED) is 0.646. The van der Waals surface area contributed by atoms with Gasteiger partial charge in [-0.15, -0.1) is 0 Å². The lowest BCUT2D eigenvalue weighted by Gasteiger charge is -2.26. The zero-order valence-electron chi connectivity index (χ0n) is 12.0. The van der Waals surface area contributed by atoms with Gasteiger partial charge in [-0.25, -0.2) is 0 Å². The van der Waals surface area contributed by atoms with E-state index in [-0.39, 0.29) is 5.75 Å².